The second kappa shape index (κ2) is 5.81. The Morgan fingerprint density at radius 3 is 1.79 bits per heavy atom. The Labute approximate surface area is 135 Å². The average Bonchev–Trinajstić information content (AvgIpc) is 2.13. The van der Waals surface area contributed by atoms with E-state index in [1.54, 1.807) is 6.07 Å². The molecule has 0 aromatic heterocycles. The zero-order chi connectivity index (χ0) is 14.3. The minimum absolute atomic E-state index is 0. The molecule has 106 valence electrons. The van der Waals surface area contributed by atoms with E-state index in [0.717, 1.165) is 5.56 Å². The summed E-state index contributed by atoms with van der Waals surface area (Å²) in [4.78, 5) is 11.2. The Balaban J connectivity index is 0.00000324. The van der Waals surface area contributed by atoms with E-state index in [4.69, 9.17) is 0 Å². The summed E-state index contributed by atoms with van der Waals surface area (Å²) < 4.78 is 0. The van der Waals surface area contributed by atoms with Gasteiger partial charge in [-0.3, -0.25) is 0 Å². The molecule has 3 nitrogen and oxygen atoms in total. The van der Waals surface area contributed by atoms with Gasteiger partial charge >= 0.3 is 33.3 Å². The molecular weight excluding hydrogens is 435 g/mol. The summed E-state index contributed by atoms with van der Waals surface area (Å²) >= 11 is 0. The molecular formula is C15H24O3Pb. The Bertz CT molecular complexity index is 479. The fourth-order valence-electron chi connectivity index (χ4n) is 1.80. The summed E-state index contributed by atoms with van der Waals surface area (Å²) in [7, 11) is 0. The van der Waals surface area contributed by atoms with Crippen molar-refractivity contribution in [3.8, 4) is 5.75 Å². The molecule has 0 aliphatic rings. The van der Waals surface area contributed by atoms with Crippen molar-refractivity contribution in [1.82, 2.24) is 0 Å². The van der Waals surface area contributed by atoms with E-state index < -0.39 is 5.97 Å². The molecule has 0 saturated heterocycles. The van der Waals surface area contributed by atoms with Crippen LogP contribution in [0, 0.1) is 0 Å². The maximum atomic E-state index is 11.2. The van der Waals surface area contributed by atoms with Crippen LogP contribution in [0.25, 0.3) is 0 Å². The standard InChI is InChI=1S/C15H22O3.Pb.2H/c1-14(2,3)9-7-10(13(17)18)12(16)11(8-9)15(4,5)6;;;/h7-8,16H,1-6H3,(H,17,18);;;. The first-order chi connectivity index (χ1) is 7.94. The van der Waals surface area contributed by atoms with Crippen LogP contribution in [0.3, 0.4) is 0 Å². The normalized spacial score (nSPS) is 11.9. The van der Waals surface area contributed by atoms with Crippen molar-refractivity contribution in [2.75, 3.05) is 0 Å². The molecule has 0 atom stereocenters. The van der Waals surface area contributed by atoms with Crippen LogP contribution in [0.4, 0.5) is 0 Å². The zero-order valence-electron chi connectivity index (χ0n) is 12.7. The Morgan fingerprint density at radius 2 is 1.47 bits per heavy atom. The second-order valence-electron chi connectivity index (χ2n) is 6.73. The molecule has 19 heavy (non-hydrogen) atoms. The molecule has 0 bridgehead atoms. The monoisotopic (exact) mass is 460 g/mol. The van der Waals surface area contributed by atoms with Gasteiger partial charge in [0.25, 0.3) is 0 Å². The molecule has 0 amide bonds. The van der Waals surface area contributed by atoms with E-state index in [9.17, 15) is 15.0 Å². The van der Waals surface area contributed by atoms with Crippen LogP contribution < -0.4 is 0 Å². The molecule has 0 heterocycles. The number of carboxylic acids is 1. The van der Waals surface area contributed by atoms with Gasteiger partial charge in [-0.2, -0.15) is 0 Å². The van der Waals surface area contributed by atoms with Crippen molar-refractivity contribution in [1.29, 1.82) is 0 Å². The average molecular weight is 460 g/mol. The van der Waals surface area contributed by atoms with Gasteiger partial charge in [-0.25, -0.2) is 4.79 Å². The summed E-state index contributed by atoms with van der Waals surface area (Å²) in [6, 6.07) is 3.47. The van der Waals surface area contributed by atoms with Crippen molar-refractivity contribution in [2.24, 2.45) is 0 Å². The second-order valence-corrected chi connectivity index (χ2v) is 6.73. The number of aromatic hydroxyl groups is 1. The Hall–Kier alpha value is -0.588. The van der Waals surface area contributed by atoms with Crippen LogP contribution in [-0.4, -0.2) is 43.5 Å². The number of carboxylic acid groups (broad SMARTS) is 1. The van der Waals surface area contributed by atoms with Gasteiger partial charge in [0.15, 0.2) is 0 Å². The summed E-state index contributed by atoms with van der Waals surface area (Å²) in [6.07, 6.45) is 0. The summed E-state index contributed by atoms with van der Waals surface area (Å²) in [5.74, 6) is -1.22. The molecule has 2 N–H and O–H groups in total. The summed E-state index contributed by atoms with van der Waals surface area (Å²) in [6.45, 7) is 12.0. The molecule has 1 aromatic carbocycles. The topological polar surface area (TPSA) is 57.5 Å². The first-order valence-corrected chi connectivity index (χ1v) is 6.06. The first-order valence-electron chi connectivity index (χ1n) is 6.06. The Morgan fingerprint density at radius 1 is 1.00 bits per heavy atom. The minimum atomic E-state index is -1.09. The van der Waals surface area contributed by atoms with Gasteiger partial charge < -0.3 is 10.2 Å². The summed E-state index contributed by atoms with van der Waals surface area (Å²) in [5, 5.41) is 19.3. The molecule has 0 aliphatic heterocycles. The van der Waals surface area contributed by atoms with Crippen LogP contribution in [-0.2, 0) is 10.8 Å². The van der Waals surface area contributed by atoms with Crippen LogP contribution in [0.5, 0.6) is 5.75 Å². The van der Waals surface area contributed by atoms with Crippen LogP contribution in [0.1, 0.15) is 63.0 Å². The van der Waals surface area contributed by atoms with E-state index in [1.807, 2.05) is 47.6 Å². The molecule has 0 unspecified atom stereocenters. The van der Waals surface area contributed by atoms with Gasteiger partial charge in [0.1, 0.15) is 11.3 Å². The third-order valence-electron chi connectivity index (χ3n) is 3.01. The van der Waals surface area contributed by atoms with Gasteiger partial charge in [0.05, 0.1) is 0 Å². The van der Waals surface area contributed by atoms with E-state index in [-0.39, 0.29) is 49.4 Å². The van der Waals surface area contributed by atoms with Crippen LogP contribution in [0.15, 0.2) is 12.1 Å². The third kappa shape index (κ3) is 4.19. The number of aromatic carboxylic acids is 1. The zero-order valence-corrected chi connectivity index (χ0v) is 18.2. The summed E-state index contributed by atoms with van der Waals surface area (Å²) in [5.41, 5.74) is 1.12. The molecule has 0 fully saturated rings. The fourth-order valence-corrected chi connectivity index (χ4v) is 1.80. The van der Waals surface area contributed by atoms with E-state index >= 15 is 0 Å². The van der Waals surface area contributed by atoms with Gasteiger partial charge in [-0.05, 0) is 22.5 Å². The quantitative estimate of drug-likeness (QED) is 0.635. The Kier molecular flexibility index (Phi) is 5.63. The fraction of sp³-hybridized carbons (Fsp3) is 0.533. The molecule has 1 aromatic rings. The van der Waals surface area contributed by atoms with Crippen molar-refractivity contribution in [2.45, 2.75) is 52.4 Å². The number of hydrogen-bond donors (Lipinski definition) is 2. The number of benzene rings is 1. The van der Waals surface area contributed by atoms with E-state index in [1.165, 1.54) is 0 Å². The van der Waals surface area contributed by atoms with E-state index in [2.05, 4.69) is 0 Å². The predicted molar refractivity (Wildman–Crippen MR) is 81.0 cm³/mol. The molecule has 0 saturated carbocycles. The van der Waals surface area contributed by atoms with Crippen molar-refractivity contribution >= 4 is 33.3 Å². The SMILES string of the molecule is CC(C)(C)c1cc(C(=O)O)c(O)c(C(C)(C)C)c1.[PbH2]. The van der Waals surface area contributed by atoms with Crippen molar-refractivity contribution in [3.05, 3.63) is 28.8 Å². The molecule has 4 heteroatoms. The van der Waals surface area contributed by atoms with Crippen molar-refractivity contribution < 1.29 is 15.0 Å². The van der Waals surface area contributed by atoms with Crippen molar-refractivity contribution in [3.63, 3.8) is 0 Å². The molecule has 0 aliphatic carbocycles. The van der Waals surface area contributed by atoms with Gasteiger partial charge in [0, 0.05) is 5.56 Å². The first kappa shape index (κ1) is 18.4. The van der Waals surface area contributed by atoms with Gasteiger partial charge in [-0.1, -0.05) is 47.6 Å². The molecule has 0 spiro atoms. The number of hydrogen-bond acceptors (Lipinski definition) is 2. The van der Waals surface area contributed by atoms with Crippen LogP contribution in [0.2, 0.25) is 0 Å². The van der Waals surface area contributed by atoms with E-state index in [0.29, 0.717) is 5.56 Å². The third-order valence-corrected chi connectivity index (χ3v) is 3.01. The number of rotatable bonds is 1. The molecule has 1 rings (SSSR count). The maximum absolute atomic E-state index is 11.2. The number of phenols is 1. The molecule has 2 radical (unpaired) electrons. The predicted octanol–water partition coefficient (Wildman–Crippen LogP) is 2.77. The van der Waals surface area contributed by atoms with Gasteiger partial charge in [0.2, 0.25) is 0 Å². The van der Waals surface area contributed by atoms with Crippen LogP contribution >= 0.6 is 0 Å². The van der Waals surface area contributed by atoms with Gasteiger partial charge in [-0.15, -0.1) is 0 Å². The number of carbonyl (C=O) groups is 1.